The summed E-state index contributed by atoms with van der Waals surface area (Å²) < 4.78 is 5.06. The number of carbonyl (C=O) groups excluding carboxylic acids is 1. The van der Waals surface area contributed by atoms with Crippen LogP contribution in [0, 0.1) is 0 Å². The Kier molecular flexibility index (Phi) is 6.45. The molecular weight excluding hydrogens is 326 g/mol. The molecule has 0 spiro atoms. The molecule has 0 radical (unpaired) electrons. The number of nitrogens with zero attached hydrogens (tertiary/aromatic N) is 1. The number of rotatable bonds is 7. The summed E-state index contributed by atoms with van der Waals surface area (Å²) in [4.78, 5) is 15.3. The lowest BCUT2D eigenvalue weighted by Gasteiger charge is -2.23. The van der Waals surface area contributed by atoms with E-state index in [0.29, 0.717) is 17.9 Å². The molecule has 2 aromatic rings. The summed E-state index contributed by atoms with van der Waals surface area (Å²) in [6, 6.07) is 9.09. The van der Waals surface area contributed by atoms with Gasteiger partial charge in [-0.3, -0.25) is 0 Å². The number of benzene rings is 1. The molecule has 24 heavy (non-hydrogen) atoms. The Hall–Kier alpha value is -2.25. The van der Waals surface area contributed by atoms with Crippen molar-refractivity contribution in [1.29, 1.82) is 0 Å². The number of para-hydroxylation sites is 1. The Morgan fingerprint density at radius 1 is 1.29 bits per heavy atom. The van der Waals surface area contributed by atoms with Gasteiger partial charge >= 0.3 is 6.03 Å². The predicted molar refractivity (Wildman–Crippen MR) is 95.6 cm³/mol. The maximum Gasteiger partial charge on any atom is 0.315 e. The second kappa shape index (κ2) is 8.56. The van der Waals surface area contributed by atoms with Gasteiger partial charge in [0.2, 0.25) is 0 Å². The molecule has 130 valence electrons. The van der Waals surface area contributed by atoms with E-state index in [1.165, 1.54) is 12.0 Å². The van der Waals surface area contributed by atoms with Crippen LogP contribution in [0.15, 0.2) is 35.7 Å². The number of hydrogen-bond donors (Lipinski definition) is 3. The quantitative estimate of drug-likeness (QED) is 0.718. The minimum atomic E-state index is -0.277. The van der Waals surface area contributed by atoms with E-state index >= 15 is 0 Å². The third-order valence-electron chi connectivity index (χ3n) is 3.69. The molecule has 1 aromatic carbocycles. The molecule has 0 bridgehead atoms. The first-order valence-corrected chi connectivity index (χ1v) is 8.47. The van der Waals surface area contributed by atoms with Crippen molar-refractivity contribution >= 4 is 17.4 Å². The number of urea groups is 1. The van der Waals surface area contributed by atoms with Crippen LogP contribution < -0.4 is 15.4 Å². The highest BCUT2D eigenvalue weighted by molar-refractivity contribution is 7.10. The average Bonchev–Trinajstić information content (AvgIpc) is 3.08. The standard InChI is InChI=1S/C17H23N3O3S/c1-20(2)13(15-8-5-9-24-15)11-19-17(22)18-10-12-6-4-7-14(23-3)16(12)21/h4-9,13,21H,10-11H2,1-3H3,(H2,18,19,22). The first-order chi connectivity index (χ1) is 11.5. The average molecular weight is 349 g/mol. The largest absolute Gasteiger partial charge is 0.504 e. The van der Waals surface area contributed by atoms with Crippen LogP contribution in [0.2, 0.25) is 0 Å². The minimum absolute atomic E-state index is 0.0463. The number of methoxy groups -OCH3 is 1. The molecule has 3 N–H and O–H groups in total. The number of likely N-dealkylation sites (N-methyl/N-ethyl adjacent to an activating group) is 1. The van der Waals surface area contributed by atoms with Gasteiger partial charge in [-0.1, -0.05) is 18.2 Å². The summed E-state index contributed by atoms with van der Waals surface area (Å²) in [5.74, 6) is 0.435. The number of carbonyl (C=O) groups is 1. The molecule has 1 heterocycles. The van der Waals surface area contributed by atoms with Crippen molar-refractivity contribution in [2.75, 3.05) is 27.7 Å². The molecule has 1 unspecified atom stereocenters. The number of phenols is 1. The highest BCUT2D eigenvalue weighted by Gasteiger charge is 2.16. The fraction of sp³-hybridized carbons (Fsp3) is 0.353. The van der Waals surface area contributed by atoms with Gasteiger partial charge < -0.3 is 25.4 Å². The highest BCUT2D eigenvalue weighted by atomic mass is 32.1. The summed E-state index contributed by atoms with van der Waals surface area (Å²) in [5, 5.41) is 17.7. The lowest BCUT2D eigenvalue weighted by molar-refractivity contribution is 0.233. The lowest BCUT2D eigenvalue weighted by atomic mass is 10.2. The van der Waals surface area contributed by atoms with Crippen molar-refractivity contribution in [3.05, 3.63) is 46.2 Å². The zero-order valence-corrected chi connectivity index (χ0v) is 14.9. The van der Waals surface area contributed by atoms with Crippen LogP contribution in [0.5, 0.6) is 11.5 Å². The van der Waals surface area contributed by atoms with Crippen molar-refractivity contribution < 1.29 is 14.6 Å². The zero-order chi connectivity index (χ0) is 17.5. The molecule has 1 atom stereocenters. The molecule has 2 amide bonds. The monoisotopic (exact) mass is 349 g/mol. The Bertz CT molecular complexity index is 659. The number of aromatic hydroxyl groups is 1. The molecule has 7 heteroatoms. The number of thiophene rings is 1. The van der Waals surface area contributed by atoms with E-state index in [0.717, 1.165) is 0 Å². The predicted octanol–water partition coefficient (Wildman–Crippen LogP) is 2.56. The number of phenolic OH excluding ortho intramolecular Hbond substituents is 1. The maximum absolute atomic E-state index is 12.0. The van der Waals surface area contributed by atoms with Crippen LogP contribution in [0.4, 0.5) is 4.79 Å². The van der Waals surface area contributed by atoms with Crippen LogP contribution in [0.3, 0.4) is 0 Å². The van der Waals surface area contributed by atoms with E-state index in [2.05, 4.69) is 21.6 Å². The van der Waals surface area contributed by atoms with Gasteiger partial charge in [0.25, 0.3) is 0 Å². The van der Waals surface area contributed by atoms with E-state index in [1.807, 2.05) is 25.5 Å². The van der Waals surface area contributed by atoms with Crippen LogP contribution in [-0.4, -0.2) is 43.8 Å². The molecule has 0 saturated carbocycles. The van der Waals surface area contributed by atoms with E-state index in [-0.39, 0.29) is 24.4 Å². The minimum Gasteiger partial charge on any atom is -0.504 e. The van der Waals surface area contributed by atoms with Gasteiger partial charge in [-0.15, -0.1) is 11.3 Å². The van der Waals surface area contributed by atoms with Gasteiger partial charge in [-0.2, -0.15) is 0 Å². The lowest BCUT2D eigenvalue weighted by Crippen LogP contribution is -2.40. The molecular formula is C17H23N3O3S. The van der Waals surface area contributed by atoms with Gasteiger partial charge in [0.05, 0.1) is 13.2 Å². The Morgan fingerprint density at radius 3 is 2.71 bits per heavy atom. The Balaban J connectivity index is 1.87. The molecule has 0 saturated heterocycles. The number of ether oxygens (including phenoxy) is 1. The van der Waals surface area contributed by atoms with E-state index < -0.39 is 0 Å². The van der Waals surface area contributed by atoms with Crippen molar-refractivity contribution in [2.24, 2.45) is 0 Å². The van der Waals surface area contributed by atoms with Gasteiger partial charge in [0.1, 0.15) is 0 Å². The van der Waals surface area contributed by atoms with Crippen molar-refractivity contribution in [3.63, 3.8) is 0 Å². The molecule has 2 rings (SSSR count). The summed E-state index contributed by atoms with van der Waals surface area (Å²) in [5.41, 5.74) is 0.604. The molecule has 1 aromatic heterocycles. The summed E-state index contributed by atoms with van der Waals surface area (Å²) >= 11 is 1.67. The highest BCUT2D eigenvalue weighted by Crippen LogP contribution is 2.29. The third kappa shape index (κ3) is 4.62. The fourth-order valence-corrected chi connectivity index (χ4v) is 3.24. The smallest absolute Gasteiger partial charge is 0.315 e. The maximum atomic E-state index is 12.0. The second-order valence-corrected chi connectivity index (χ2v) is 6.51. The summed E-state index contributed by atoms with van der Waals surface area (Å²) in [7, 11) is 5.46. The van der Waals surface area contributed by atoms with E-state index in [4.69, 9.17) is 4.74 Å². The first kappa shape index (κ1) is 18.1. The van der Waals surface area contributed by atoms with Gasteiger partial charge in [0, 0.05) is 23.5 Å². The zero-order valence-electron chi connectivity index (χ0n) is 14.1. The molecule has 0 fully saturated rings. The molecule has 0 aliphatic carbocycles. The van der Waals surface area contributed by atoms with Crippen LogP contribution >= 0.6 is 11.3 Å². The Labute approximate surface area is 146 Å². The van der Waals surface area contributed by atoms with Crippen molar-refractivity contribution in [3.8, 4) is 11.5 Å². The molecule has 6 nitrogen and oxygen atoms in total. The second-order valence-electron chi connectivity index (χ2n) is 5.53. The van der Waals surface area contributed by atoms with Crippen LogP contribution in [0.25, 0.3) is 0 Å². The molecule has 0 aliphatic heterocycles. The van der Waals surface area contributed by atoms with Gasteiger partial charge in [0.15, 0.2) is 11.5 Å². The van der Waals surface area contributed by atoms with Crippen LogP contribution in [-0.2, 0) is 6.54 Å². The third-order valence-corrected chi connectivity index (χ3v) is 4.67. The SMILES string of the molecule is COc1cccc(CNC(=O)NCC(c2cccs2)N(C)C)c1O. The summed E-state index contributed by atoms with van der Waals surface area (Å²) in [6.45, 7) is 0.726. The first-order valence-electron chi connectivity index (χ1n) is 7.59. The number of amides is 2. The van der Waals surface area contributed by atoms with Crippen molar-refractivity contribution in [2.45, 2.75) is 12.6 Å². The number of nitrogens with one attached hydrogen (secondary N) is 2. The van der Waals surface area contributed by atoms with Gasteiger partial charge in [-0.05, 0) is 31.6 Å². The Morgan fingerprint density at radius 2 is 2.08 bits per heavy atom. The fourth-order valence-electron chi connectivity index (χ4n) is 2.32. The van der Waals surface area contributed by atoms with E-state index in [9.17, 15) is 9.90 Å². The summed E-state index contributed by atoms with van der Waals surface area (Å²) in [6.07, 6.45) is 0. The van der Waals surface area contributed by atoms with Crippen molar-refractivity contribution in [1.82, 2.24) is 15.5 Å². The molecule has 0 aliphatic rings. The van der Waals surface area contributed by atoms with E-state index in [1.54, 1.807) is 29.5 Å². The normalized spacial score (nSPS) is 12.0. The topological polar surface area (TPSA) is 73.8 Å². The number of hydrogen-bond acceptors (Lipinski definition) is 5. The van der Waals surface area contributed by atoms with Crippen LogP contribution in [0.1, 0.15) is 16.5 Å². The van der Waals surface area contributed by atoms with Gasteiger partial charge in [-0.25, -0.2) is 4.79 Å².